The summed E-state index contributed by atoms with van der Waals surface area (Å²) < 4.78 is 25.5. The summed E-state index contributed by atoms with van der Waals surface area (Å²) in [6.45, 7) is 10.00. The molecule has 0 N–H and O–H groups in total. The van der Waals surface area contributed by atoms with Crippen molar-refractivity contribution in [1.29, 1.82) is 0 Å². The van der Waals surface area contributed by atoms with Crippen molar-refractivity contribution in [3.8, 4) is 11.3 Å². The summed E-state index contributed by atoms with van der Waals surface area (Å²) in [6.07, 6.45) is 3.00. The number of esters is 1. The molecule has 4 rings (SSSR count). The lowest BCUT2D eigenvalue weighted by molar-refractivity contribution is -0.148. The fourth-order valence-corrected chi connectivity index (χ4v) is 6.27. The third-order valence-electron chi connectivity index (χ3n) is 6.08. The highest BCUT2D eigenvalue weighted by atomic mass is 79.9. The fraction of sp³-hybridized carbons (Fsp3) is 0.345. The lowest BCUT2D eigenvalue weighted by Gasteiger charge is -2.21. The molecule has 2 heterocycles. The number of carbonyl (C=O) groups is 2. The highest BCUT2D eigenvalue weighted by molar-refractivity contribution is 9.09. The van der Waals surface area contributed by atoms with E-state index in [0.717, 1.165) is 5.56 Å². The van der Waals surface area contributed by atoms with E-state index in [9.17, 15) is 9.59 Å². The van der Waals surface area contributed by atoms with Gasteiger partial charge in [0.05, 0.1) is 14.4 Å². The Labute approximate surface area is 255 Å². The molecule has 0 saturated carbocycles. The maximum atomic E-state index is 15.4. The van der Waals surface area contributed by atoms with Gasteiger partial charge in [-0.2, -0.15) is 0 Å². The van der Waals surface area contributed by atoms with Crippen LogP contribution in [0.4, 0.5) is 10.1 Å². The van der Waals surface area contributed by atoms with Gasteiger partial charge in [0.25, 0.3) is 5.91 Å². The molecule has 1 atom stereocenters. The second kappa shape index (κ2) is 10.8. The average molecular weight is 673 g/mol. The first-order valence-electron chi connectivity index (χ1n) is 12.3. The van der Waals surface area contributed by atoms with Crippen molar-refractivity contribution in [2.45, 2.75) is 57.1 Å². The van der Waals surface area contributed by atoms with E-state index in [1.54, 1.807) is 39.0 Å². The van der Waals surface area contributed by atoms with E-state index in [-0.39, 0.29) is 44.2 Å². The Morgan fingerprint density at radius 1 is 1.15 bits per heavy atom. The summed E-state index contributed by atoms with van der Waals surface area (Å²) in [6, 6.07) is 8.29. The van der Waals surface area contributed by atoms with Crippen LogP contribution in [-0.2, 0) is 19.5 Å². The van der Waals surface area contributed by atoms with Crippen molar-refractivity contribution in [3.63, 3.8) is 0 Å². The molecule has 1 aliphatic heterocycles. The number of carbonyl (C=O) groups excluding carboxylic acids is 2. The van der Waals surface area contributed by atoms with Crippen molar-refractivity contribution in [3.05, 3.63) is 73.9 Å². The molecule has 40 heavy (non-hydrogen) atoms. The Morgan fingerprint density at radius 3 is 2.35 bits per heavy atom. The zero-order valence-electron chi connectivity index (χ0n) is 22.7. The molecule has 1 amide bonds. The number of hydrogen-bond acceptors (Lipinski definition) is 5. The zero-order valence-corrected chi connectivity index (χ0v) is 26.5. The number of nitrogens with zero attached hydrogens (tertiary/aromatic N) is 2. The van der Waals surface area contributed by atoms with Crippen molar-refractivity contribution in [1.82, 2.24) is 5.16 Å². The first-order chi connectivity index (χ1) is 18.4. The molecule has 1 aromatic heterocycles. The van der Waals surface area contributed by atoms with Gasteiger partial charge >= 0.3 is 5.97 Å². The summed E-state index contributed by atoms with van der Waals surface area (Å²) in [7, 11) is 0. The van der Waals surface area contributed by atoms with Crippen LogP contribution < -0.4 is 4.90 Å². The SMILES string of the molecule is CC(C)(C)OC(=O)/C=C/c1cccc2c1C(C)(Br)CN2C(=O)c1c(-c2c(Cl)cc(Cl)cc2Cl)noc1C(C)(C)F. The largest absolute Gasteiger partial charge is 0.457 e. The van der Waals surface area contributed by atoms with Crippen LogP contribution in [0, 0.1) is 0 Å². The van der Waals surface area contributed by atoms with Gasteiger partial charge in [-0.3, -0.25) is 4.79 Å². The van der Waals surface area contributed by atoms with Gasteiger partial charge in [-0.1, -0.05) is 68.0 Å². The third kappa shape index (κ3) is 6.10. The molecule has 0 fully saturated rings. The second-order valence-electron chi connectivity index (χ2n) is 11.1. The van der Waals surface area contributed by atoms with Crippen LogP contribution >= 0.6 is 50.7 Å². The van der Waals surface area contributed by atoms with Crippen LogP contribution in [0.1, 0.15) is 68.8 Å². The van der Waals surface area contributed by atoms with E-state index in [1.807, 2.05) is 13.0 Å². The lowest BCUT2D eigenvalue weighted by Crippen LogP contribution is -2.34. The third-order valence-corrected chi connectivity index (χ3v) is 7.54. The number of hydrogen-bond donors (Lipinski definition) is 0. The van der Waals surface area contributed by atoms with Crippen molar-refractivity contribution < 1.29 is 23.2 Å². The van der Waals surface area contributed by atoms with E-state index >= 15 is 4.39 Å². The van der Waals surface area contributed by atoms with Crippen LogP contribution in [-0.4, -0.2) is 29.2 Å². The fourth-order valence-electron chi connectivity index (χ4n) is 4.59. The van der Waals surface area contributed by atoms with Gasteiger partial charge in [-0.25, -0.2) is 9.18 Å². The molecule has 1 aliphatic rings. The van der Waals surface area contributed by atoms with Crippen molar-refractivity contribution in [2.24, 2.45) is 0 Å². The Morgan fingerprint density at radius 2 is 1.77 bits per heavy atom. The summed E-state index contributed by atoms with van der Waals surface area (Å²) in [5.41, 5.74) is -0.554. The van der Waals surface area contributed by atoms with E-state index in [1.165, 1.54) is 37.0 Å². The minimum absolute atomic E-state index is 0.00286. The van der Waals surface area contributed by atoms with Crippen LogP contribution in [0.15, 0.2) is 40.9 Å². The highest BCUT2D eigenvalue weighted by Crippen LogP contribution is 2.49. The first-order valence-corrected chi connectivity index (χ1v) is 14.2. The molecule has 2 aromatic carbocycles. The van der Waals surface area contributed by atoms with Crippen LogP contribution in [0.3, 0.4) is 0 Å². The molecule has 6 nitrogen and oxygen atoms in total. The Bertz CT molecular complexity index is 1510. The Kier molecular flexibility index (Phi) is 8.24. The van der Waals surface area contributed by atoms with Gasteiger partial charge < -0.3 is 14.2 Å². The molecule has 0 saturated heterocycles. The van der Waals surface area contributed by atoms with Gasteiger partial charge in [0.15, 0.2) is 11.4 Å². The molecule has 1 unspecified atom stereocenters. The van der Waals surface area contributed by atoms with Gasteiger partial charge in [-0.15, -0.1) is 0 Å². The Balaban J connectivity index is 1.84. The summed E-state index contributed by atoms with van der Waals surface area (Å²) >= 11 is 22.8. The molecule has 3 aromatic rings. The number of benzene rings is 2. The number of fused-ring (bicyclic) bond motifs is 1. The first kappa shape index (κ1) is 30.6. The van der Waals surface area contributed by atoms with Gasteiger partial charge in [0, 0.05) is 34.5 Å². The summed E-state index contributed by atoms with van der Waals surface area (Å²) in [5.74, 6) is -1.31. The number of rotatable bonds is 5. The number of alkyl halides is 2. The maximum Gasteiger partial charge on any atom is 0.331 e. The van der Waals surface area contributed by atoms with Crippen LogP contribution in [0.5, 0.6) is 0 Å². The number of aromatic nitrogens is 1. The normalized spacial score (nSPS) is 17.4. The van der Waals surface area contributed by atoms with E-state index < -0.39 is 27.5 Å². The second-order valence-corrected chi connectivity index (χ2v) is 14.2. The Hall–Kier alpha value is -2.39. The smallest absolute Gasteiger partial charge is 0.331 e. The number of ether oxygens (including phenoxy) is 1. The quantitative estimate of drug-likeness (QED) is 0.154. The zero-order chi connectivity index (χ0) is 29.8. The van der Waals surface area contributed by atoms with E-state index in [2.05, 4.69) is 21.1 Å². The predicted molar refractivity (Wildman–Crippen MR) is 160 cm³/mol. The maximum absolute atomic E-state index is 15.4. The minimum atomic E-state index is -2.06. The molecule has 0 spiro atoms. The number of anilines is 1. The van der Waals surface area contributed by atoms with E-state index in [4.69, 9.17) is 44.1 Å². The molecular weight excluding hydrogens is 646 g/mol. The topological polar surface area (TPSA) is 72.6 Å². The molecule has 212 valence electrons. The average Bonchev–Trinajstić information content (AvgIpc) is 3.35. The predicted octanol–water partition coefficient (Wildman–Crippen LogP) is 9.13. The minimum Gasteiger partial charge on any atom is -0.457 e. The van der Waals surface area contributed by atoms with Crippen molar-refractivity contribution in [2.75, 3.05) is 11.4 Å². The monoisotopic (exact) mass is 670 g/mol. The van der Waals surface area contributed by atoms with Crippen LogP contribution in [0.2, 0.25) is 15.1 Å². The highest BCUT2D eigenvalue weighted by Gasteiger charge is 2.45. The molecule has 0 aliphatic carbocycles. The molecule has 0 radical (unpaired) electrons. The van der Waals surface area contributed by atoms with Gasteiger partial charge in [0.2, 0.25) is 0 Å². The van der Waals surface area contributed by atoms with Gasteiger partial charge in [-0.05, 0) is 71.4 Å². The summed E-state index contributed by atoms with van der Waals surface area (Å²) in [4.78, 5) is 28.1. The van der Waals surface area contributed by atoms with E-state index in [0.29, 0.717) is 11.3 Å². The number of amides is 1. The standard InChI is InChI=1S/C29H27BrCl3FN2O4/c1-27(2,3)39-20(37)11-10-15-8-7-9-19-23(15)29(6,30)14-36(19)26(38)22-24(35-40-25(22)28(4,5)34)21-17(32)12-16(31)13-18(21)33/h7-13H,14H2,1-6H3/b11-10+. The molecular formula is C29H27BrCl3FN2O4. The molecule has 0 bridgehead atoms. The number of halogens is 5. The summed E-state index contributed by atoms with van der Waals surface area (Å²) in [5, 5.41) is 4.58. The van der Waals surface area contributed by atoms with Gasteiger partial charge in [0.1, 0.15) is 16.9 Å². The lowest BCUT2D eigenvalue weighted by atomic mass is 9.96. The molecule has 11 heteroatoms. The van der Waals surface area contributed by atoms with Crippen molar-refractivity contribution >= 4 is 74.4 Å². The van der Waals surface area contributed by atoms with Crippen LogP contribution in [0.25, 0.3) is 17.3 Å².